The molecule has 1 aromatic rings. The highest BCUT2D eigenvalue weighted by atomic mass is 127. The number of hydrogen-bond acceptors (Lipinski definition) is 5. The fraction of sp³-hybridized carbons (Fsp3) is 0.647. The Morgan fingerprint density at radius 2 is 2.04 bits per heavy atom. The van der Waals surface area contributed by atoms with Gasteiger partial charge in [0.2, 0.25) is 5.88 Å². The van der Waals surface area contributed by atoms with E-state index in [1.54, 1.807) is 14.2 Å². The van der Waals surface area contributed by atoms with Crippen molar-refractivity contribution in [3.05, 3.63) is 23.9 Å². The van der Waals surface area contributed by atoms with Crippen LogP contribution in [0.3, 0.4) is 0 Å². The number of nitrogens with one attached hydrogen (secondary N) is 2. The summed E-state index contributed by atoms with van der Waals surface area (Å²) in [4.78, 5) is 11.2. The summed E-state index contributed by atoms with van der Waals surface area (Å²) >= 11 is 0. The summed E-state index contributed by atoms with van der Waals surface area (Å²) in [7, 11) is 5.46. The van der Waals surface area contributed by atoms with Crippen LogP contribution in [-0.4, -0.2) is 69.9 Å². The van der Waals surface area contributed by atoms with Crippen molar-refractivity contribution in [2.24, 2.45) is 4.99 Å². The van der Waals surface area contributed by atoms with Crippen molar-refractivity contribution in [2.75, 3.05) is 54.1 Å². The van der Waals surface area contributed by atoms with Crippen molar-refractivity contribution in [1.29, 1.82) is 0 Å². The van der Waals surface area contributed by atoms with Crippen LogP contribution in [0.25, 0.3) is 0 Å². The second-order valence-electron chi connectivity index (χ2n) is 5.44. The van der Waals surface area contributed by atoms with E-state index < -0.39 is 0 Å². The standard InChI is InChI=1S/C17H31N5O2.HI/c1-5-18-17(19-10-12-22(2)11-7-13-23-3)20-14-15-8-6-9-16(21-15)24-4;/h6,8-9H,5,7,10-14H2,1-4H3,(H2,18,19,20);1H. The van der Waals surface area contributed by atoms with Gasteiger partial charge in [0.15, 0.2) is 5.96 Å². The minimum Gasteiger partial charge on any atom is -0.481 e. The predicted octanol–water partition coefficient (Wildman–Crippen LogP) is 1.73. The zero-order valence-corrected chi connectivity index (χ0v) is 18.1. The lowest BCUT2D eigenvalue weighted by atomic mass is 10.3. The minimum atomic E-state index is 0. The summed E-state index contributed by atoms with van der Waals surface area (Å²) in [5.41, 5.74) is 0.878. The number of rotatable bonds is 11. The summed E-state index contributed by atoms with van der Waals surface area (Å²) in [6.45, 7) is 6.99. The van der Waals surface area contributed by atoms with Crippen LogP contribution in [0.4, 0.5) is 0 Å². The van der Waals surface area contributed by atoms with Gasteiger partial charge in [-0.3, -0.25) is 0 Å². The van der Waals surface area contributed by atoms with Crippen molar-refractivity contribution in [3.63, 3.8) is 0 Å². The molecular formula is C17H32IN5O2. The van der Waals surface area contributed by atoms with Crippen LogP contribution in [0.5, 0.6) is 5.88 Å². The maximum absolute atomic E-state index is 5.14. The Bertz CT molecular complexity index is 488. The van der Waals surface area contributed by atoms with Crippen LogP contribution in [0, 0.1) is 0 Å². The number of guanidine groups is 1. The molecule has 144 valence electrons. The molecule has 0 aliphatic carbocycles. The molecule has 8 heteroatoms. The van der Waals surface area contributed by atoms with E-state index in [2.05, 4.69) is 39.5 Å². The molecule has 0 aliphatic rings. The van der Waals surface area contributed by atoms with Gasteiger partial charge in [-0.2, -0.15) is 0 Å². The largest absolute Gasteiger partial charge is 0.481 e. The van der Waals surface area contributed by atoms with Crippen LogP contribution in [0.15, 0.2) is 23.2 Å². The lowest BCUT2D eigenvalue weighted by Gasteiger charge is -2.18. The normalized spacial score (nSPS) is 11.2. The van der Waals surface area contributed by atoms with E-state index >= 15 is 0 Å². The highest BCUT2D eigenvalue weighted by Crippen LogP contribution is 2.07. The Labute approximate surface area is 168 Å². The van der Waals surface area contributed by atoms with Crippen LogP contribution < -0.4 is 15.4 Å². The molecule has 0 fully saturated rings. The predicted molar refractivity (Wildman–Crippen MR) is 113 cm³/mol. The van der Waals surface area contributed by atoms with E-state index in [9.17, 15) is 0 Å². The van der Waals surface area contributed by atoms with Gasteiger partial charge in [-0.1, -0.05) is 6.07 Å². The molecule has 0 saturated heterocycles. The fourth-order valence-electron chi connectivity index (χ4n) is 2.12. The molecule has 2 N–H and O–H groups in total. The summed E-state index contributed by atoms with van der Waals surface area (Å²) < 4.78 is 10.2. The van der Waals surface area contributed by atoms with Gasteiger partial charge in [-0.05, 0) is 26.5 Å². The summed E-state index contributed by atoms with van der Waals surface area (Å²) in [5, 5.41) is 6.60. The molecule has 25 heavy (non-hydrogen) atoms. The molecule has 0 unspecified atom stereocenters. The second-order valence-corrected chi connectivity index (χ2v) is 5.44. The van der Waals surface area contributed by atoms with E-state index in [1.165, 1.54) is 0 Å². The first-order valence-corrected chi connectivity index (χ1v) is 8.39. The molecule has 0 amide bonds. The Hall–Kier alpha value is -1.13. The zero-order chi connectivity index (χ0) is 17.6. The molecule has 0 radical (unpaired) electrons. The number of ether oxygens (including phenoxy) is 2. The third kappa shape index (κ3) is 11.2. The molecular weight excluding hydrogens is 433 g/mol. The number of aromatic nitrogens is 1. The third-order valence-corrected chi connectivity index (χ3v) is 3.41. The summed E-state index contributed by atoms with van der Waals surface area (Å²) in [6.07, 6.45) is 1.04. The Morgan fingerprint density at radius 3 is 2.72 bits per heavy atom. The van der Waals surface area contributed by atoms with Gasteiger partial charge in [0.25, 0.3) is 0 Å². The molecule has 1 heterocycles. The number of aliphatic imine (C=N–C) groups is 1. The molecule has 0 aromatic carbocycles. The van der Waals surface area contributed by atoms with Crippen molar-refractivity contribution < 1.29 is 9.47 Å². The topological polar surface area (TPSA) is 71.0 Å². The van der Waals surface area contributed by atoms with E-state index in [1.807, 2.05) is 18.2 Å². The second kappa shape index (κ2) is 15.2. The van der Waals surface area contributed by atoms with Gasteiger partial charge in [0.05, 0.1) is 19.3 Å². The molecule has 1 aromatic heterocycles. The number of methoxy groups -OCH3 is 2. The summed E-state index contributed by atoms with van der Waals surface area (Å²) in [5.74, 6) is 1.41. The first-order chi connectivity index (χ1) is 11.7. The Balaban J connectivity index is 0.00000576. The van der Waals surface area contributed by atoms with Gasteiger partial charge < -0.3 is 25.0 Å². The van der Waals surface area contributed by atoms with Gasteiger partial charge >= 0.3 is 0 Å². The zero-order valence-electron chi connectivity index (χ0n) is 15.7. The Morgan fingerprint density at radius 1 is 1.24 bits per heavy atom. The molecule has 0 saturated carbocycles. The molecule has 0 atom stereocenters. The number of halogens is 1. The quantitative estimate of drug-likeness (QED) is 0.225. The van der Waals surface area contributed by atoms with Crippen LogP contribution in [0.1, 0.15) is 19.0 Å². The number of hydrogen-bond donors (Lipinski definition) is 2. The molecule has 0 spiro atoms. The lowest BCUT2D eigenvalue weighted by molar-refractivity contribution is 0.180. The summed E-state index contributed by atoms with van der Waals surface area (Å²) in [6, 6.07) is 5.70. The highest BCUT2D eigenvalue weighted by molar-refractivity contribution is 14.0. The van der Waals surface area contributed by atoms with Crippen LogP contribution in [0.2, 0.25) is 0 Å². The van der Waals surface area contributed by atoms with E-state index in [0.717, 1.165) is 50.9 Å². The molecule has 0 bridgehead atoms. The lowest BCUT2D eigenvalue weighted by Crippen LogP contribution is -2.41. The molecule has 0 aliphatic heterocycles. The smallest absolute Gasteiger partial charge is 0.213 e. The Kier molecular flexibility index (Phi) is 14.5. The van der Waals surface area contributed by atoms with E-state index in [4.69, 9.17) is 9.47 Å². The van der Waals surface area contributed by atoms with Gasteiger partial charge in [-0.25, -0.2) is 9.98 Å². The molecule has 7 nitrogen and oxygen atoms in total. The average molecular weight is 465 g/mol. The van der Waals surface area contributed by atoms with Crippen LogP contribution >= 0.6 is 24.0 Å². The first-order valence-electron chi connectivity index (χ1n) is 8.39. The number of likely N-dealkylation sites (N-methyl/N-ethyl adjacent to an activating group) is 1. The van der Waals surface area contributed by atoms with Crippen molar-refractivity contribution in [1.82, 2.24) is 20.5 Å². The third-order valence-electron chi connectivity index (χ3n) is 3.41. The van der Waals surface area contributed by atoms with Gasteiger partial charge in [-0.15, -0.1) is 24.0 Å². The maximum Gasteiger partial charge on any atom is 0.213 e. The fourth-order valence-corrected chi connectivity index (χ4v) is 2.12. The minimum absolute atomic E-state index is 0. The first kappa shape index (κ1) is 23.9. The number of nitrogens with zero attached hydrogens (tertiary/aromatic N) is 3. The van der Waals surface area contributed by atoms with E-state index in [-0.39, 0.29) is 24.0 Å². The highest BCUT2D eigenvalue weighted by Gasteiger charge is 2.02. The average Bonchev–Trinajstić information content (AvgIpc) is 2.60. The van der Waals surface area contributed by atoms with Crippen molar-refractivity contribution in [2.45, 2.75) is 19.9 Å². The maximum atomic E-state index is 5.14. The monoisotopic (exact) mass is 465 g/mol. The SMILES string of the molecule is CCNC(=NCc1cccc(OC)n1)NCCN(C)CCCOC.I. The van der Waals surface area contributed by atoms with Gasteiger partial charge in [0, 0.05) is 46.0 Å². The number of pyridine rings is 1. The van der Waals surface area contributed by atoms with E-state index in [0.29, 0.717) is 12.4 Å². The van der Waals surface area contributed by atoms with Gasteiger partial charge in [0.1, 0.15) is 0 Å². The van der Waals surface area contributed by atoms with Crippen molar-refractivity contribution in [3.8, 4) is 5.88 Å². The molecule has 1 rings (SSSR count). The van der Waals surface area contributed by atoms with Crippen molar-refractivity contribution >= 4 is 29.9 Å². The van der Waals surface area contributed by atoms with Crippen LogP contribution in [-0.2, 0) is 11.3 Å².